The number of imidazole rings is 1. The van der Waals surface area contributed by atoms with E-state index in [4.69, 9.17) is 0 Å². The predicted octanol–water partition coefficient (Wildman–Crippen LogP) is 3.74. The summed E-state index contributed by atoms with van der Waals surface area (Å²) in [6.45, 7) is 0. The number of carbonyl (C=O) groups is 1. The standard InChI is InChI=1S/C22H23FN2O2/c23-16-3-1-2-15-18-10-24-11-25(18)17(20(15)16)6-19(26)22-7-12-4-13(8-22)21(27)14(5-12)9-22/h1-3,10-14,17,19,26H,4-9H2/t12?,13-,14?,17?,19?,22?/m1/s1. The van der Waals surface area contributed by atoms with Crippen LogP contribution in [-0.2, 0) is 4.79 Å². The monoisotopic (exact) mass is 366 g/mol. The van der Waals surface area contributed by atoms with E-state index < -0.39 is 6.10 Å². The zero-order valence-corrected chi connectivity index (χ0v) is 15.1. The summed E-state index contributed by atoms with van der Waals surface area (Å²) in [5.41, 5.74) is 2.31. The second-order valence-electron chi connectivity index (χ2n) is 9.26. The summed E-state index contributed by atoms with van der Waals surface area (Å²) in [7, 11) is 0. The highest BCUT2D eigenvalue weighted by Crippen LogP contribution is 2.61. The Labute approximate surface area is 157 Å². The number of aliphatic hydroxyl groups excluding tert-OH is 1. The number of aromatic nitrogens is 2. The molecule has 4 aliphatic carbocycles. The van der Waals surface area contributed by atoms with Gasteiger partial charge in [-0.15, -0.1) is 0 Å². The van der Waals surface area contributed by atoms with Gasteiger partial charge in [-0.25, -0.2) is 9.37 Å². The largest absolute Gasteiger partial charge is 0.392 e. The lowest BCUT2D eigenvalue weighted by molar-refractivity contribution is -0.160. The molecule has 4 saturated carbocycles. The zero-order valence-electron chi connectivity index (χ0n) is 15.1. The van der Waals surface area contributed by atoms with Crippen molar-refractivity contribution >= 4 is 5.78 Å². The fourth-order valence-electron chi connectivity index (χ4n) is 6.91. The molecule has 2 heterocycles. The number of hydrogen-bond donors (Lipinski definition) is 1. The van der Waals surface area contributed by atoms with Crippen molar-refractivity contribution in [2.75, 3.05) is 0 Å². The molecule has 0 amide bonds. The van der Waals surface area contributed by atoms with Gasteiger partial charge in [-0.1, -0.05) is 12.1 Å². The quantitative estimate of drug-likeness (QED) is 0.900. The number of Topliss-reactive ketones (excluding diaryl/α,β-unsaturated/α-hetero) is 1. The van der Waals surface area contributed by atoms with Crippen LogP contribution in [0.25, 0.3) is 11.3 Å². The maximum absolute atomic E-state index is 14.7. The molecule has 7 rings (SSSR count). The van der Waals surface area contributed by atoms with Gasteiger partial charge in [0.2, 0.25) is 0 Å². The lowest BCUT2D eigenvalue weighted by Gasteiger charge is -2.57. The number of benzene rings is 1. The van der Waals surface area contributed by atoms with E-state index in [-0.39, 0.29) is 29.1 Å². The highest BCUT2D eigenvalue weighted by molar-refractivity contribution is 5.85. The first-order chi connectivity index (χ1) is 13.1. The van der Waals surface area contributed by atoms with E-state index in [1.54, 1.807) is 18.6 Å². The van der Waals surface area contributed by atoms with Crippen molar-refractivity contribution in [1.82, 2.24) is 9.55 Å². The molecular formula is C22H23FN2O2. The summed E-state index contributed by atoms with van der Waals surface area (Å²) in [5, 5.41) is 11.4. The van der Waals surface area contributed by atoms with Crippen LogP contribution in [0.1, 0.15) is 50.1 Å². The number of hydrogen-bond acceptors (Lipinski definition) is 3. The van der Waals surface area contributed by atoms with Crippen molar-refractivity contribution in [1.29, 1.82) is 0 Å². The first-order valence-electron chi connectivity index (χ1n) is 10.1. The van der Waals surface area contributed by atoms with Crippen LogP contribution in [0, 0.1) is 29.0 Å². The predicted molar refractivity (Wildman–Crippen MR) is 97.4 cm³/mol. The average molecular weight is 366 g/mol. The summed E-state index contributed by atoms with van der Waals surface area (Å²) in [4.78, 5) is 16.7. The molecule has 5 heteroatoms. The molecule has 0 saturated heterocycles. The SMILES string of the molecule is O=C1C2CC3C[C@@H]1CC(C(O)CC1c4c(F)cccc4-c4cncn41)(C3)C2. The fourth-order valence-corrected chi connectivity index (χ4v) is 6.91. The minimum atomic E-state index is -0.524. The Morgan fingerprint density at radius 3 is 2.81 bits per heavy atom. The van der Waals surface area contributed by atoms with E-state index in [0.29, 0.717) is 23.7 Å². The van der Waals surface area contributed by atoms with Gasteiger partial charge >= 0.3 is 0 Å². The molecule has 27 heavy (non-hydrogen) atoms. The van der Waals surface area contributed by atoms with Crippen molar-refractivity contribution in [2.24, 2.45) is 23.2 Å². The molecule has 5 unspecified atom stereocenters. The smallest absolute Gasteiger partial charge is 0.139 e. The summed E-state index contributed by atoms with van der Waals surface area (Å²) in [6, 6.07) is 4.94. The van der Waals surface area contributed by atoms with Crippen LogP contribution in [0.4, 0.5) is 4.39 Å². The van der Waals surface area contributed by atoms with E-state index in [1.807, 2.05) is 10.6 Å². The maximum Gasteiger partial charge on any atom is 0.139 e. The number of aliphatic hydroxyl groups is 1. The Morgan fingerprint density at radius 2 is 2.04 bits per heavy atom. The molecule has 1 N–H and O–H groups in total. The lowest BCUT2D eigenvalue weighted by atomic mass is 9.47. The Balaban J connectivity index is 1.35. The Kier molecular flexibility index (Phi) is 3.13. The van der Waals surface area contributed by atoms with Gasteiger partial charge in [0.05, 0.1) is 30.4 Å². The number of ketones is 1. The molecule has 0 spiro atoms. The topological polar surface area (TPSA) is 55.1 Å². The third-order valence-corrected chi connectivity index (χ3v) is 7.86. The number of fused-ring (bicyclic) bond motifs is 3. The van der Waals surface area contributed by atoms with Gasteiger partial charge in [0.25, 0.3) is 0 Å². The summed E-state index contributed by atoms with van der Waals surface area (Å²) >= 11 is 0. The van der Waals surface area contributed by atoms with Crippen molar-refractivity contribution in [3.63, 3.8) is 0 Å². The molecule has 1 aliphatic heterocycles. The summed E-state index contributed by atoms with van der Waals surface area (Å²) < 4.78 is 16.7. The first-order valence-corrected chi connectivity index (χ1v) is 10.1. The molecule has 4 nitrogen and oxygen atoms in total. The Hall–Kier alpha value is -2.01. The van der Waals surface area contributed by atoms with Gasteiger partial charge in [-0.2, -0.15) is 0 Å². The molecule has 1 aromatic carbocycles. The van der Waals surface area contributed by atoms with E-state index in [9.17, 15) is 14.3 Å². The molecule has 0 radical (unpaired) electrons. The number of carbonyl (C=O) groups excluding carboxylic acids is 1. The van der Waals surface area contributed by atoms with Crippen LogP contribution < -0.4 is 0 Å². The average Bonchev–Trinajstić information content (AvgIpc) is 3.22. The fraction of sp³-hybridized carbons (Fsp3) is 0.545. The highest BCUT2D eigenvalue weighted by Gasteiger charge is 2.58. The maximum atomic E-state index is 14.7. The molecule has 1 aromatic heterocycles. The van der Waals surface area contributed by atoms with Gasteiger partial charge in [0.15, 0.2) is 0 Å². The Morgan fingerprint density at radius 1 is 1.26 bits per heavy atom. The number of nitrogens with zero attached hydrogens (tertiary/aromatic N) is 2. The number of rotatable bonds is 3. The molecule has 5 aliphatic rings. The summed E-state index contributed by atoms with van der Waals surface area (Å²) in [6.07, 6.45) is 8.14. The van der Waals surface area contributed by atoms with Crippen LogP contribution in [0.5, 0.6) is 0 Å². The molecule has 140 valence electrons. The van der Waals surface area contributed by atoms with Crippen molar-refractivity contribution < 1.29 is 14.3 Å². The zero-order chi connectivity index (χ0) is 18.3. The Bertz CT molecular complexity index is 934. The van der Waals surface area contributed by atoms with Gasteiger partial charge in [-0.3, -0.25) is 4.79 Å². The minimum Gasteiger partial charge on any atom is -0.392 e. The van der Waals surface area contributed by atoms with E-state index in [1.165, 1.54) is 6.07 Å². The van der Waals surface area contributed by atoms with Gasteiger partial charge in [-0.05, 0) is 55.9 Å². The summed E-state index contributed by atoms with van der Waals surface area (Å²) in [5.74, 6) is 1.08. The molecule has 4 bridgehead atoms. The van der Waals surface area contributed by atoms with Crippen LogP contribution in [0.3, 0.4) is 0 Å². The van der Waals surface area contributed by atoms with Crippen LogP contribution in [0.2, 0.25) is 0 Å². The van der Waals surface area contributed by atoms with Crippen LogP contribution in [-0.4, -0.2) is 26.5 Å². The highest BCUT2D eigenvalue weighted by atomic mass is 19.1. The van der Waals surface area contributed by atoms with Crippen molar-refractivity contribution in [3.05, 3.63) is 42.1 Å². The van der Waals surface area contributed by atoms with E-state index in [0.717, 1.165) is 43.4 Å². The van der Waals surface area contributed by atoms with Gasteiger partial charge in [0, 0.05) is 23.0 Å². The molecular weight excluding hydrogens is 343 g/mol. The molecule has 6 atom stereocenters. The van der Waals surface area contributed by atoms with E-state index >= 15 is 0 Å². The third-order valence-electron chi connectivity index (χ3n) is 7.86. The van der Waals surface area contributed by atoms with Crippen LogP contribution in [0.15, 0.2) is 30.7 Å². The molecule has 4 fully saturated rings. The van der Waals surface area contributed by atoms with E-state index in [2.05, 4.69) is 4.98 Å². The third kappa shape index (κ3) is 2.06. The number of halogens is 1. The van der Waals surface area contributed by atoms with Crippen molar-refractivity contribution in [2.45, 2.75) is 50.7 Å². The van der Waals surface area contributed by atoms with Crippen LogP contribution >= 0.6 is 0 Å². The lowest BCUT2D eigenvalue weighted by Crippen LogP contribution is -2.56. The minimum absolute atomic E-state index is 0.141. The van der Waals surface area contributed by atoms with Crippen molar-refractivity contribution in [3.8, 4) is 11.3 Å². The molecule has 2 aromatic rings. The van der Waals surface area contributed by atoms with Gasteiger partial charge in [0.1, 0.15) is 11.6 Å². The second kappa shape index (κ2) is 5.28. The normalized spacial score (nSPS) is 36.7. The first kappa shape index (κ1) is 16.0. The van der Waals surface area contributed by atoms with Gasteiger partial charge < -0.3 is 9.67 Å². The second-order valence-corrected chi connectivity index (χ2v) is 9.26.